The van der Waals surface area contributed by atoms with Crippen LogP contribution in [0.1, 0.15) is 18.2 Å². The summed E-state index contributed by atoms with van der Waals surface area (Å²) in [6.07, 6.45) is -4.27. The molecule has 9 heteroatoms. The Kier molecular flexibility index (Phi) is 5.29. The Bertz CT molecular complexity index is 810. The van der Waals surface area contributed by atoms with Crippen LogP contribution in [0.25, 0.3) is 0 Å². The van der Waals surface area contributed by atoms with Crippen molar-refractivity contribution >= 4 is 0 Å². The van der Waals surface area contributed by atoms with E-state index in [0.717, 1.165) is 17.8 Å². The topological polar surface area (TPSA) is 52.4 Å². The van der Waals surface area contributed by atoms with Gasteiger partial charge in [-0.15, -0.1) is 5.10 Å². The maximum atomic E-state index is 13.6. The molecular formula is C19H23F3N4O2. The van der Waals surface area contributed by atoms with Crippen molar-refractivity contribution in [3.8, 4) is 5.75 Å². The summed E-state index contributed by atoms with van der Waals surface area (Å²) in [4.78, 5) is 2.23. The van der Waals surface area contributed by atoms with Crippen molar-refractivity contribution in [2.45, 2.75) is 44.8 Å². The fourth-order valence-electron chi connectivity index (χ4n) is 3.85. The third-order valence-electron chi connectivity index (χ3n) is 5.34. The molecular weight excluding hydrogens is 373 g/mol. The second kappa shape index (κ2) is 7.71. The lowest BCUT2D eigenvalue weighted by Crippen LogP contribution is -2.46. The summed E-state index contributed by atoms with van der Waals surface area (Å²) in [5, 5.41) is 8.21. The van der Waals surface area contributed by atoms with Gasteiger partial charge in [0.15, 0.2) is 6.10 Å². The van der Waals surface area contributed by atoms with E-state index in [1.54, 1.807) is 18.3 Å². The third-order valence-corrected chi connectivity index (χ3v) is 5.34. The molecule has 0 unspecified atom stereocenters. The summed E-state index contributed by atoms with van der Waals surface area (Å²) in [6, 6.07) is 7.16. The Hall–Kier alpha value is -2.13. The van der Waals surface area contributed by atoms with Crippen molar-refractivity contribution in [1.29, 1.82) is 0 Å². The first-order chi connectivity index (χ1) is 13.4. The zero-order chi connectivity index (χ0) is 19.7. The Morgan fingerprint density at radius 2 is 2.07 bits per heavy atom. The van der Waals surface area contributed by atoms with Gasteiger partial charge in [0, 0.05) is 37.8 Å². The predicted molar refractivity (Wildman–Crippen MR) is 94.8 cm³/mol. The number of morpholine rings is 1. The van der Waals surface area contributed by atoms with Crippen LogP contribution in [0.2, 0.25) is 0 Å². The summed E-state index contributed by atoms with van der Waals surface area (Å²) in [7, 11) is 0. The van der Waals surface area contributed by atoms with Crippen LogP contribution in [0.3, 0.4) is 0 Å². The molecule has 152 valence electrons. The van der Waals surface area contributed by atoms with Crippen molar-refractivity contribution in [1.82, 2.24) is 19.9 Å². The van der Waals surface area contributed by atoms with Crippen LogP contribution < -0.4 is 4.74 Å². The van der Waals surface area contributed by atoms with Gasteiger partial charge in [0.25, 0.3) is 0 Å². The monoisotopic (exact) mass is 396 g/mol. The molecule has 3 atom stereocenters. The number of rotatable bonds is 4. The van der Waals surface area contributed by atoms with E-state index in [-0.39, 0.29) is 19.0 Å². The van der Waals surface area contributed by atoms with E-state index in [1.807, 2.05) is 12.1 Å². The lowest BCUT2D eigenvalue weighted by molar-refractivity contribution is -0.215. The Morgan fingerprint density at radius 1 is 1.25 bits per heavy atom. The second-order valence-electron chi connectivity index (χ2n) is 7.48. The molecule has 3 heterocycles. The van der Waals surface area contributed by atoms with Gasteiger partial charge in [-0.3, -0.25) is 9.58 Å². The fourth-order valence-corrected chi connectivity index (χ4v) is 3.85. The summed E-state index contributed by atoms with van der Waals surface area (Å²) < 4.78 is 52.9. The molecule has 0 saturated carbocycles. The number of fused-ring (bicyclic) bond motifs is 1. The number of ether oxygens (including phenoxy) is 2. The number of halogens is 3. The van der Waals surface area contributed by atoms with Gasteiger partial charge in [0.05, 0.1) is 18.9 Å². The summed E-state index contributed by atoms with van der Waals surface area (Å²) >= 11 is 0. The minimum Gasteiger partial charge on any atom is -0.480 e. The van der Waals surface area contributed by atoms with Gasteiger partial charge in [0.2, 0.25) is 0 Å². The van der Waals surface area contributed by atoms with Crippen molar-refractivity contribution in [3.05, 3.63) is 41.7 Å². The molecule has 0 aliphatic carbocycles. The largest absolute Gasteiger partial charge is 0.480 e. The first kappa shape index (κ1) is 19.2. The van der Waals surface area contributed by atoms with Crippen molar-refractivity contribution in [3.63, 3.8) is 0 Å². The molecule has 0 radical (unpaired) electrons. The maximum Gasteiger partial charge on any atom is 0.425 e. The lowest BCUT2D eigenvalue weighted by Gasteiger charge is -2.34. The van der Waals surface area contributed by atoms with Crippen LogP contribution in [0.5, 0.6) is 5.75 Å². The van der Waals surface area contributed by atoms with Gasteiger partial charge in [-0.25, -0.2) is 0 Å². The molecule has 1 aromatic carbocycles. The number of benzene rings is 1. The Labute approximate surface area is 161 Å². The molecule has 1 aromatic heterocycles. The molecule has 28 heavy (non-hydrogen) atoms. The molecule has 2 aliphatic heterocycles. The molecule has 4 rings (SSSR count). The molecule has 2 aliphatic rings. The summed E-state index contributed by atoms with van der Waals surface area (Å²) in [6.45, 7) is 4.93. The zero-order valence-corrected chi connectivity index (χ0v) is 15.6. The summed E-state index contributed by atoms with van der Waals surface area (Å²) in [5.74, 6) is -0.451. The molecule has 0 N–H and O–H groups in total. The van der Waals surface area contributed by atoms with Crippen LogP contribution in [-0.4, -0.2) is 58.0 Å². The third kappa shape index (κ3) is 4.15. The molecule has 0 amide bonds. The van der Waals surface area contributed by atoms with Crippen LogP contribution >= 0.6 is 0 Å². The maximum absolute atomic E-state index is 13.6. The van der Waals surface area contributed by atoms with Crippen LogP contribution in [0.15, 0.2) is 30.5 Å². The van der Waals surface area contributed by atoms with Gasteiger partial charge in [-0.1, -0.05) is 23.4 Å². The molecule has 1 saturated heterocycles. The highest BCUT2D eigenvalue weighted by Gasteiger charge is 2.49. The van der Waals surface area contributed by atoms with E-state index >= 15 is 0 Å². The van der Waals surface area contributed by atoms with E-state index in [1.165, 1.54) is 4.68 Å². The fraction of sp³-hybridized carbons (Fsp3) is 0.579. The molecule has 6 nitrogen and oxygen atoms in total. The van der Waals surface area contributed by atoms with E-state index in [4.69, 9.17) is 9.47 Å². The molecule has 1 fully saturated rings. The standard InChI is InChI=1S/C19H23F3N4O2/c1-13-12-27-7-6-25(13)10-16-11-26(24-23-16)9-15-8-14-4-2-3-5-17(14)28-18(15)19(20,21)22/h2-5,11,13,15,18H,6-10,12H2,1H3/t13-,15+,18-/m1/s1. The number of nitrogens with zero attached hydrogens (tertiary/aromatic N) is 4. The predicted octanol–water partition coefficient (Wildman–Crippen LogP) is 2.68. The van der Waals surface area contributed by atoms with E-state index in [2.05, 4.69) is 22.1 Å². The highest BCUT2D eigenvalue weighted by Crippen LogP contribution is 2.38. The van der Waals surface area contributed by atoms with Gasteiger partial charge in [0.1, 0.15) is 5.75 Å². The minimum absolute atomic E-state index is 0.101. The van der Waals surface area contributed by atoms with Gasteiger partial charge in [-0.2, -0.15) is 13.2 Å². The van der Waals surface area contributed by atoms with E-state index in [0.29, 0.717) is 25.5 Å². The average molecular weight is 396 g/mol. The quantitative estimate of drug-likeness (QED) is 0.796. The first-order valence-corrected chi connectivity index (χ1v) is 9.42. The first-order valence-electron chi connectivity index (χ1n) is 9.42. The normalized spacial score (nSPS) is 25.9. The van der Waals surface area contributed by atoms with E-state index in [9.17, 15) is 13.2 Å². The minimum atomic E-state index is -4.44. The van der Waals surface area contributed by atoms with E-state index < -0.39 is 18.2 Å². The van der Waals surface area contributed by atoms with Gasteiger partial charge < -0.3 is 9.47 Å². The summed E-state index contributed by atoms with van der Waals surface area (Å²) in [5.41, 5.74) is 1.53. The van der Waals surface area contributed by atoms with Crippen LogP contribution in [-0.2, 0) is 24.2 Å². The molecule has 2 aromatic rings. The van der Waals surface area contributed by atoms with Crippen molar-refractivity contribution in [2.75, 3.05) is 19.8 Å². The number of alkyl halides is 3. The molecule has 0 bridgehead atoms. The lowest BCUT2D eigenvalue weighted by atomic mass is 9.90. The van der Waals surface area contributed by atoms with Crippen LogP contribution in [0.4, 0.5) is 13.2 Å². The number of hydrogen-bond acceptors (Lipinski definition) is 5. The van der Waals surface area contributed by atoms with Crippen molar-refractivity contribution in [2.24, 2.45) is 5.92 Å². The number of para-hydroxylation sites is 1. The van der Waals surface area contributed by atoms with Crippen LogP contribution in [0, 0.1) is 5.92 Å². The zero-order valence-electron chi connectivity index (χ0n) is 15.6. The van der Waals surface area contributed by atoms with Crippen molar-refractivity contribution < 1.29 is 22.6 Å². The number of hydrogen-bond donors (Lipinski definition) is 0. The highest BCUT2D eigenvalue weighted by atomic mass is 19.4. The van der Waals surface area contributed by atoms with Gasteiger partial charge in [-0.05, 0) is 25.0 Å². The average Bonchev–Trinajstić information content (AvgIpc) is 3.09. The Morgan fingerprint density at radius 3 is 2.86 bits per heavy atom. The van der Waals surface area contributed by atoms with Gasteiger partial charge >= 0.3 is 6.18 Å². The molecule has 0 spiro atoms. The smallest absolute Gasteiger partial charge is 0.425 e. The number of aromatic nitrogens is 3. The Balaban J connectivity index is 1.47. The second-order valence-corrected chi connectivity index (χ2v) is 7.48. The highest BCUT2D eigenvalue weighted by molar-refractivity contribution is 5.36. The SMILES string of the molecule is C[C@@H]1COCCN1Cc1cn(C[C@@H]2Cc3ccccc3O[C@H]2C(F)(F)F)nn1.